The quantitative estimate of drug-likeness (QED) is 0.341. The van der Waals surface area contributed by atoms with Crippen LogP contribution in [0.15, 0.2) is 42.6 Å². The van der Waals surface area contributed by atoms with Crippen molar-refractivity contribution in [3.05, 3.63) is 70.7 Å². The maximum atomic E-state index is 13.6. The van der Waals surface area contributed by atoms with Gasteiger partial charge in [0, 0.05) is 66.1 Å². The van der Waals surface area contributed by atoms with Gasteiger partial charge in [-0.05, 0) is 55.8 Å². The third-order valence-electron chi connectivity index (χ3n) is 7.40. The van der Waals surface area contributed by atoms with Crippen LogP contribution in [-0.4, -0.2) is 61.7 Å². The maximum absolute atomic E-state index is 13.6. The van der Waals surface area contributed by atoms with Crippen LogP contribution in [-0.2, 0) is 19.3 Å². The molecule has 1 saturated heterocycles. The van der Waals surface area contributed by atoms with E-state index in [0.29, 0.717) is 35.5 Å². The maximum Gasteiger partial charge on any atom is 0.416 e. The molecule has 1 fully saturated rings. The molecular weight excluding hydrogens is 525 g/mol. The van der Waals surface area contributed by atoms with E-state index in [4.69, 9.17) is 5.10 Å². The van der Waals surface area contributed by atoms with Crippen molar-refractivity contribution >= 4 is 34.3 Å². The number of alkyl halides is 3. The van der Waals surface area contributed by atoms with Crippen LogP contribution in [0, 0.1) is 13.8 Å². The Morgan fingerprint density at radius 3 is 2.54 bits per heavy atom. The molecule has 1 amide bonds. The summed E-state index contributed by atoms with van der Waals surface area (Å²) in [6.07, 6.45) is -3.01. The first-order chi connectivity index (χ1) is 18.7. The molecule has 6 rings (SSSR count). The zero-order chi connectivity index (χ0) is 27.3. The number of carbonyl (C=O) groups excluding carboxylic acids is 1. The molecule has 2 aromatic heterocycles. The summed E-state index contributed by atoms with van der Waals surface area (Å²) in [5.74, 6) is 2.59. The molecule has 0 saturated carbocycles. The molecule has 2 aromatic carbocycles. The Balaban J connectivity index is 1.25. The summed E-state index contributed by atoms with van der Waals surface area (Å²) in [7, 11) is 0. The molecule has 7 nitrogen and oxygen atoms in total. The van der Waals surface area contributed by atoms with Crippen LogP contribution in [0.3, 0.4) is 0 Å². The average molecular weight is 553 g/mol. The normalized spacial score (nSPS) is 16.6. The van der Waals surface area contributed by atoms with E-state index >= 15 is 0 Å². The van der Waals surface area contributed by atoms with E-state index < -0.39 is 11.7 Å². The number of amides is 1. The number of hydrogen-bond donors (Lipinski definition) is 0. The minimum absolute atomic E-state index is 0.0648. The number of fused-ring (bicyclic) bond motifs is 2. The molecule has 202 valence electrons. The second kappa shape index (κ2) is 9.95. The van der Waals surface area contributed by atoms with Gasteiger partial charge in [-0.1, -0.05) is 0 Å². The molecule has 4 heterocycles. The first-order valence-electron chi connectivity index (χ1n) is 12.8. The summed E-state index contributed by atoms with van der Waals surface area (Å²) in [6, 6.07) is 9.08. The lowest BCUT2D eigenvalue weighted by molar-refractivity contribution is -0.137. The van der Waals surface area contributed by atoms with Crippen molar-refractivity contribution in [2.24, 2.45) is 0 Å². The number of nitrogens with zero attached hydrogens (tertiary/aromatic N) is 6. The molecule has 0 radical (unpaired) electrons. The topological polar surface area (TPSA) is 67.2 Å². The molecule has 2 aliphatic heterocycles. The molecule has 0 unspecified atom stereocenters. The summed E-state index contributed by atoms with van der Waals surface area (Å²) >= 11 is 1.97. The Labute approximate surface area is 228 Å². The van der Waals surface area contributed by atoms with E-state index in [9.17, 15) is 18.0 Å². The Hall–Kier alpha value is -3.44. The van der Waals surface area contributed by atoms with E-state index in [1.54, 1.807) is 4.90 Å². The Morgan fingerprint density at radius 1 is 1.00 bits per heavy atom. The lowest BCUT2D eigenvalue weighted by atomic mass is 10.1. The predicted molar refractivity (Wildman–Crippen MR) is 146 cm³/mol. The molecule has 39 heavy (non-hydrogen) atoms. The molecule has 0 aliphatic carbocycles. The summed E-state index contributed by atoms with van der Waals surface area (Å²) in [5.41, 5.74) is 4.67. The van der Waals surface area contributed by atoms with Crippen molar-refractivity contribution < 1.29 is 18.0 Å². The number of anilines is 1. The van der Waals surface area contributed by atoms with Crippen LogP contribution < -0.4 is 4.90 Å². The van der Waals surface area contributed by atoms with Gasteiger partial charge >= 0.3 is 6.18 Å². The van der Waals surface area contributed by atoms with Crippen molar-refractivity contribution in [1.82, 2.24) is 24.6 Å². The second-order valence-corrected chi connectivity index (χ2v) is 11.2. The largest absolute Gasteiger partial charge is 0.416 e. The van der Waals surface area contributed by atoms with Crippen LogP contribution in [0.2, 0.25) is 0 Å². The van der Waals surface area contributed by atoms with Gasteiger partial charge in [0.05, 0.1) is 23.3 Å². The summed E-state index contributed by atoms with van der Waals surface area (Å²) < 4.78 is 41.0. The molecule has 0 spiro atoms. The highest BCUT2D eigenvalue weighted by molar-refractivity contribution is 7.99. The van der Waals surface area contributed by atoms with Crippen molar-refractivity contribution in [3.63, 3.8) is 0 Å². The fourth-order valence-corrected chi connectivity index (χ4v) is 6.23. The monoisotopic (exact) mass is 552 g/mol. The van der Waals surface area contributed by atoms with Crippen LogP contribution in [0.1, 0.15) is 32.9 Å². The molecule has 4 aromatic rings. The molecule has 11 heteroatoms. The zero-order valence-electron chi connectivity index (χ0n) is 21.6. The predicted octanol–water partition coefficient (Wildman–Crippen LogP) is 5.34. The van der Waals surface area contributed by atoms with E-state index in [-0.39, 0.29) is 5.91 Å². The standard InChI is InChI=1S/C28H27F3N6OS/c1-17-13-19(26-32-15-20-14-21(28(29,30)31)4-5-22(20)33-26)3-6-24(17)36-7-8-37-25(27(36)38)18(2)23(34-37)16-35-9-11-39-12-10-35/h3-6,13-15H,7-12,16H2,1-2H3. The number of carbonyl (C=O) groups is 1. The zero-order valence-corrected chi connectivity index (χ0v) is 22.4. The number of rotatable bonds is 4. The highest BCUT2D eigenvalue weighted by Crippen LogP contribution is 2.33. The van der Waals surface area contributed by atoms with E-state index in [0.717, 1.165) is 71.3 Å². The van der Waals surface area contributed by atoms with Crippen molar-refractivity contribution in [2.45, 2.75) is 33.1 Å². The number of hydrogen-bond acceptors (Lipinski definition) is 6. The summed E-state index contributed by atoms with van der Waals surface area (Å²) in [5, 5.41) is 5.11. The highest BCUT2D eigenvalue weighted by Gasteiger charge is 2.32. The third kappa shape index (κ3) is 4.89. The van der Waals surface area contributed by atoms with E-state index in [1.165, 1.54) is 12.3 Å². The number of benzene rings is 2. The number of aromatic nitrogens is 4. The molecule has 0 bridgehead atoms. The van der Waals surface area contributed by atoms with Gasteiger partial charge in [-0.15, -0.1) is 0 Å². The highest BCUT2D eigenvalue weighted by atomic mass is 32.2. The van der Waals surface area contributed by atoms with Crippen molar-refractivity contribution in [3.8, 4) is 11.4 Å². The third-order valence-corrected chi connectivity index (χ3v) is 8.34. The van der Waals surface area contributed by atoms with Gasteiger partial charge in [-0.2, -0.15) is 30.0 Å². The molecular formula is C28H27F3N6OS. The fourth-order valence-electron chi connectivity index (χ4n) is 5.26. The lowest BCUT2D eigenvalue weighted by Crippen LogP contribution is -2.41. The minimum atomic E-state index is -4.42. The van der Waals surface area contributed by atoms with Crippen LogP contribution >= 0.6 is 11.8 Å². The van der Waals surface area contributed by atoms with E-state index in [2.05, 4.69) is 14.9 Å². The number of thioether (sulfide) groups is 1. The minimum Gasteiger partial charge on any atom is -0.305 e. The Bertz CT molecular complexity index is 1580. The number of halogens is 3. The SMILES string of the molecule is Cc1cc(-c2ncc3cc(C(F)(F)F)ccc3n2)ccc1N1CCn2nc(CN3CCSCC3)c(C)c2C1=O. The van der Waals surface area contributed by atoms with Gasteiger partial charge in [0.1, 0.15) is 5.69 Å². The smallest absolute Gasteiger partial charge is 0.305 e. The first kappa shape index (κ1) is 25.8. The van der Waals surface area contributed by atoms with Crippen molar-refractivity contribution in [2.75, 3.05) is 36.0 Å². The van der Waals surface area contributed by atoms with Gasteiger partial charge < -0.3 is 4.90 Å². The number of aryl methyl sites for hydroxylation is 1. The van der Waals surface area contributed by atoms with Gasteiger partial charge in [0.15, 0.2) is 5.82 Å². The van der Waals surface area contributed by atoms with Crippen LogP contribution in [0.5, 0.6) is 0 Å². The van der Waals surface area contributed by atoms with Gasteiger partial charge in [-0.3, -0.25) is 14.4 Å². The van der Waals surface area contributed by atoms with Gasteiger partial charge in [-0.25, -0.2) is 9.97 Å². The second-order valence-electron chi connectivity index (χ2n) is 9.95. The van der Waals surface area contributed by atoms with Crippen molar-refractivity contribution in [1.29, 1.82) is 0 Å². The van der Waals surface area contributed by atoms with Crippen LogP contribution in [0.4, 0.5) is 18.9 Å². The van der Waals surface area contributed by atoms with Crippen LogP contribution in [0.25, 0.3) is 22.3 Å². The molecule has 0 N–H and O–H groups in total. The summed E-state index contributed by atoms with van der Waals surface area (Å²) in [4.78, 5) is 26.6. The first-order valence-corrected chi connectivity index (χ1v) is 14.0. The molecule has 0 atom stereocenters. The lowest BCUT2D eigenvalue weighted by Gasteiger charge is -2.29. The Morgan fingerprint density at radius 2 is 1.79 bits per heavy atom. The fraction of sp³-hybridized carbons (Fsp3) is 0.357. The van der Waals surface area contributed by atoms with Gasteiger partial charge in [0.2, 0.25) is 0 Å². The Kier molecular flexibility index (Phi) is 6.58. The average Bonchev–Trinajstić information content (AvgIpc) is 3.24. The molecule has 2 aliphatic rings. The summed E-state index contributed by atoms with van der Waals surface area (Å²) in [6.45, 7) is 7.88. The van der Waals surface area contributed by atoms with E-state index in [1.807, 2.05) is 48.5 Å². The van der Waals surface area contributed by atoms with Gasteiger partial charge in [0.25, 0.3) is 5.91 Å².